The summed E-state index contributed by atoms with van der Waals surface area (Å²) in [5, 5.41) is 5.53. The molecule has 0 aliphatic rings. The van der Waals surface area contributed by atoms with Crippen LogP contribution in [0.2, 0.25) is 0 Å². The van der Waals surface area contributed by atoms with Crippen molar-refractivity contribution in [1.82, 2.24) is 10.3 Å². The zero-order chi connectivity index (χ0) is 23.0. The van der Waals surface area contributed by atoms with Gasteiger partial charge in [0.05, 0.1) is 28.1 Å². The van der Waals surface area contributed by atoms with Crippen LogP contribution in [0.3, 0.4) is 0 Å². The van der Waals surface area contributed by atoms with Crippen LogP contribution < -0.4 is 15.4 Å². The average Bonchev–Trinajstić information content (AvgIpc) is 3.24. The van der Waals surface area contributed by atoms with Gasteiger partial charge in [0.15, 0.2) is 4.34 Å². The van der Waals surface area contributed by atoms with E-state index in [2.05, 4.69) is 15.6 Å². The predicted octanol–water partition coefficient (Wildman–Crippen LogP) is 4.98. The molecular formula is C24H20FN3O3S2. The zero-order valence-corrected chi connectivity index (χ0v) is 19.0. The van der Waals surface area contributed by atoms with Gasteiger partial charge in [-0.1, -0.05) is 42.1 Å². The number of fused-ring (bicyclic) bond motifs is 1. The molecule has 0 saturated heterocycles. The van der Waals surface area contributed by atoms with Gasteiger partial charge >= 0.3 is 0 Å². The maximum absolute atomic E-state index is 13.8. The molecule has 0 atom stereocenters. The zero-order valence-electron chi connectivity index (χ0n) is 17.4. The molecule has 1 aromatic heterocycles. The van der Waals surface area contributed by atoms with Gasteiger partial charge in [-0.15, -0.1) is 11.3 Å². The van der Waals surface area contributed by atoms with Crippen molar-refractivity contribution in [2.75, 3.05) is 24.2 Å². The summed E-state index contributed by atoms with van der Waals surface area (Å²) >= 11 is 2.77. The number of nitrogens with zero attached hydrogens (tertiary/aromatic N) is 1. The molecule has 0 saturated carbocycles. The van der Waals surface area contributed by atoms with E-state index in [1.807, 2.05) is 30.3 Å². The molecule has 0 spiro atoms. The van der Waals surface area contributed by atoms with Crippen LogP contribution in [0.4, 0.5) is 10.1 Å². The van der Waals surface area contributed by atoms with Gasteiger partial charge in [-0.3, -0.25) is 9.59 Å². The molecule has 0 bridgehead atoms. The van der Waals surface area contributed by atoms with E-state index < -0.39 is 11.7 Å². The fourth-order valence-corrected chi connectivity index (χ4v) is 4.88. The lowest BCUT2D eigenvalue weighted by atomic mass is 10.2. The smallest absolute Gasteiger partial charge is 0.258 e. The first-order valence-corrected chi connectivity index (χ1v) is 11.9. The highest BCUT2D eigenvalue weighted by Crippen LogP contribution is 2.31. The standard InChI is InChI=1S/C24H20FN3O3S2/c25-19-9-5-4-8-18(19)23(30)27-16-10-11-20-21(14-16)33-24(28-20)32-15-22(29)26-12-13-31-17-6-2-1-3-7-17/h1-11,14H,12-13,15H2,(H,26,29)(H,27,30). The van der Waals surface area contributed by atoms with E-state index in [4.69, 9.17) is 4.74 Å². The van der Waals surface area contributed by atoms with E-state index in [1.165, 1.54) is 41.3 Å². The molecule has 9 heteroatoms. The summed E-state index contributed by atoms with van der Waals surface area (Å²) in [5.74, 6) is -0.187. The van der Waals surface area contributed by atoms with E-state index in [1.54, 1.807) is 24.3 Å². The number of hydrogen-bond acceptors (Lipinski definition) is 6. The second-order valence-electron chi connectivity index (χ2n) is 6.90. The highest BCUT2D eigenvalue weighted by Gasteiger charge is 2.13. The highest BCUT2D eigenvalue weighted by molar-refractivity contribution is 8.01. The third kappa shape index (κ3) is 6.30. The fraction of sp³-hybridized carbons (Fsp3) is 0.125. The number of carbonyl (C=O) groups is 2. The summed E-state index contributed by atoms with van der Waals surface area (Å²) in [7, 11) is 0. The molecule has 0 radical (unpaired) electrons. The Morgan fingerprint density at radius 3 is 2.64 bits per heavy atom. The molecule has 0 unspecified atom stereocenters. The van der Waals surface area contributed by atoms with E-state index in [-0.39, 0.29) is 17.2 Å². The number of aromatic nitrogens is 1. The number of halogens is 1. The van der Waals surface area contributed by atoms with Gasteiger partial charge in [-0.05, 0) is 42.5 Å². The number of amides is 2. The molecule has 0 aliphatic carbocycles. The second kappa shape index (κ2) is 10.9. The number of nitrogens with one attached hydrogen (secondary N) is 2. The maximum Gasteiger partial charge on any atom is 0.258 e. The lowest BCUT2D eigenvalue weighted by Crippen LogP contribution is -2.29. The van der Waals surface area contributed by atoms with Crippen molar-refractivity contribution in [2.24, 2.45) is 0 Å². The Hall–Kier alpha value is -3.43. The minimum atomic E-state index is -0.572. The van der Waals surface area contributed by atoms with Crippen molar-refractivity contribution in [3.8, 4) is 5.75 Å². The number of carbonyl (C=O) groups excluding carboxylic acids is 2. The lowest BCUT2D eigenvalue weighted by Gasteiger charge is -2.07. The van der Waals surface area contributed by atoms with Gasteiger partial charge in [0.2, 0.25) is 5.91 Å². The third-order valence-electron chi connectivity index (χ3n) is 4.51. The van der Waals surface area contributed by atoms with Gasteiger partial charge < -0.3 is 15.4 Å². The summed E-state index contributed by atoms with van der Waals surface area (Å²) in [6.07, 6.45) is 0. The summed E-state index contributed by atoms with van der Waals surface area (Å²) in [6.45, 7) is 0.808. The summed E-state index contributed by atoms with van der Waals surface area (Å²) < 4.78 is 21.0. The molecule has 33 heavy (non-hydrogen) atoms. The van der Waals surface area contributed by atoms with Crippen LogP contribution in [-0.4, -0.2) is 35.7 Å². The van der Waals surface area contributed by atoms with Crippen molar-refractivity contribution in [3.63, 3.8) is 0 Å². The first kappa shape index (κ1) is 22.8. The molecule has 2 N–H and O–H groups in total. The molecule has 0 fully saturated rings. The van der Waals surface area contributed by atoms with Crippen LogP contribution in [-0.2, 0) is 4.79 Å². The van der Waals surface area contributed by atoms with E-state index >= 15 is 0 Å². The van der Waals surface area contributed by atoms with Crippen molar-refractivity contribution in [2.45, 2.75) is 4.34 Å². The lowest BCUT2D eigenvalue weighted by molar-refractivity contribution is -0.118. The Morgan fingerprint density at radius 1 is 1.03 bits per heavy atom. The molecule has 168 valence electrons. The Balaban J connectivity index is 1.27. The SMILES string of the molecule is O=C(CSc1nc2ccc(NC(=O)c3ccccc3F)cc2s1)NCCOc1ccccc1. The molecular weight excluding hydrogens is 461 g/mol. The van der Waals surface area contributed by atoms with Crippen LogP contribution >= 0.6 is 23.1 Å². The maximum atomic E-state index is 13.8. The normalized spacial score (nSPS) is 10.7. The van der Waals surface area contributed by atoms with E-state index in [9.17, 15) is 14.0 Å². The van der Waals surface area contributed by atoms with Crippen molar-refractivity contribution < 1.29 is 18.7 Å². The van der Waals surface area contributed by atoms with Crippen LogP contribution in [0.15, 0.2) is 77.1 Å². The molecule has 3 aromatic carbocycles. The predicted molar refractivity (Wildman–Crippen MR) is 130 cm³/mol. The van der Waals surface area contributed by atoms with Gasteiger partial charge in [-0.25, -0.2) is 9.37 Å². The van der Waals surface area contributed by atoms with Crippen LogP contribution in [0.1, 0.15) is 10.4 Å². The topological polar surface area (TPSA) is 80.3 Å². The monoisotopic (exact) mass is 481 g/mol. The largest absolute Gasteiger partial charge is 0.492 e. The molecule has 6 nitrogen and oxygen atoms in total. The fourth-order valence-electron chi connectivity index (χ4n) is 2.94. The van der Waals surface area contributed by atoms with Crippen molar-refractivity contribution in [3.05, 3.63) is 84.2 Å². The highest BCUT2D eigenvalue weighted by atomic mass is 32.2. The quantitative estimate of drug-likeness (QED) is 0.261. The minimum Gasteiger partial charge on any atom is -0.492 e. The van der Waals surface area contributed by atoms with Crippen LogP contribution in [0, 0.1) is 5.82 Å². The summed E-state index contributed by atoms with van der Waals surface area (Å²) in [6, 6.07) is 20.5. The van der Waals surface area contributed by atoms with Crippen LogP contribution in [0.25, 0.3) is 10.2 Å². The number of rotatable bonds is 9. The number of hydrogen-bond donors (Lipinski definition) is 2. The number of thiazole rings is 1. The summed E-state index contributed by atoms with van der Waals surface area (Å²) in [5.41, 5.74) is 1.30. The molecule has 2 amide bonds. The Kier molecular flexibility index (Phi) is 7.54. The first-order valence-electron chi connectivity index (χ1n) is 10.1. The molecule has 1 heterocycles. The molecule has 0 aliphatic heterocycles. The second-order valence-corrected chi connectivity index (χ2v) is 9.15. The number of anilines is 1. The van der Waals surface area contributed by atoms with Crippen molar-refractivity contribution in [1.29, 1.82) is 0 Å². The Labute approximate surface area is 198 Å². The van der Waals surface area contributed by atoms with Gasteiger partial charge in [0, 0.05) is 5.69 Å². The van der Waals surface area contributed by atoms with Gasteiger partial charge in [-0.2, -0.15) is 0 Å². The molecule has 4 aromatic rings. The van der Waals surface area contributed by atoms with Gasteiger partial charge in [0.25, 0.3) is 5.91 Å². The minimum absolute atomic E-state index is 0.0154. The van der Waals surface area contributed by atoms with Crippen molar-refractivity contribution >= 4 is 50.8 Å². The van der Waals surface area contributed by atoms with Gasteiger partial charge in [0.1, 0.15) is 18.2 Å². The summed E-state index contributed by atoms with van der Waals surface area (Å²) in [4.78, 5) is 28.9. The third-order valence-corrected chi connectivity index (χ3v) is 6.67. The average molecular weight is 482 g/mol. The number of benzene rings is 3. The number of thioether (sulfide) groups is 1. The first-order chi connectivity index (χ1) is 16.1. The Morgan fingerprint density at radius 2 is 1.82 bits per heavy atom. The Bertz CT molecular complexity index is 1260. The molecule has 4 rings (SSSR count). The number of para-hydroxylation sites is 1. The van der Waals surface area contributed by atoms with Crippen LogP contribution in [0.5, 0.6) is 5.75 Å². The number of ether oxygens (including phenoxy) is 1. The van der Waals surface area contributed by atoms with E-state index in [0.29, 0.717) is 18.8 Å². The van der Waals surface area contributed by atoms with E-state index in [0.717, 1.165) is 20.3 Å².